The monoisotopic (exact) mass is 237 g/mol. The maximum Gasteiger partial charge on any atom is 0.204 e. The van der Waals surface area contributed by atoms with Crippen molar-refractivity contribution in [2.75, 3.05) is 0 Å². The molecule has 0 unspecified atom stereocenters. The molecule has 3 nitrogen and oxygen atoms in total. The summed E-state index contributed by atoms with van der Waals surface area (Å²) in [6, 6.07) is 8.16. The molecule has 0 saturated heterocycles. The molecule has 2 aromatic rings. The van der Waals surface area contributed by atoms with Crippen LogP contribution in [0.1, 0.15) is 5.56 Å². The van der Waals surface area contributed by atoms with E-state index in [1.54, 1.807) is 6.33 Å². The molecule has 0 aliphatic rings. The molecule has 66 valence electrons. The molecule has 0 amide bonds. The van der Waals surface area contributed by atoms with Gasteiger partial charge in [0.05, 0.1) is 0 Å². The smallest absolute Gasteiger partial charge is 0.204 e. The summed E-state index contributed by atoms with van der Waals surface area (Å²) in [6.07, 6.45) is 1.68. The molecule has 0 radical (unpaired) electrons. The molecule has 0 N–H and O–H groups in total. The third kappa shape index (κ3) is 1.62. The van der Waals surface area contributed by atoms with Crippen LogP contribution in [0.25, 0.3) is 5.69 Å². The van der Waals surface area contributed by atoms with E-state index in [1.807, 2.05) is 16.7 Å². The molecule has 1 heterocycles. The Labute approximate surface area is 84.5 Å². The number of benzene rings is 1. The summed E-state index contributed by atoms with van der Waals surface area (Å²) in [5.74, 6) is 0. The van der Waals surface area contributed by atoms with Gasteiger partial charge in [0, 0.05) is 5.69 Å². The maximum atomic E-state index is 3.85. The Hall–Kier alpha value is -1.16. The highest BCUT2D eigenvalue weighted by molar-refractivity contribution is 9.10. The van der Waals surface area contributed by atoms with E-state index in [-0.39, 0.29) is 0 Å². The second kappa shape index (κ2) is 3.30. The molecule has 0 aliphatic carbocycles. The van der Waals surface area contributed by atoms with E-state index in [1.165, 1.54) is 5.56 Å². The molecule has 1 aromatic heterocycles. The van der Waals surface area contributed by atoms with Gasteiger partial charge in [-0.1, -0.05) is 12.1 Å². The van der Waals surface area contributed by atoms with Gasteiger partial charge < -0.3 is 0 Å². The number of hydrogen-bond acceptors (Lipinski definition) is 2. The molecular formula is C9H8BrN3. The van der Waals surface area contributed by atoms with Crippen LogP contribution < -0.4 is 0 Å². The van der Waals surface area contributed by atoms with Crippen molar-refractivity contribution in [2.24, 2.45) is 0 Å². The van der Waals surface area contributed by atoms with Crippen LogP contribution in [0.3, 0.4) is 0 Å². The molecule has 13 heavy (non-hydrogen) atoms. The third-order valence-corrected chi connectivity index (χ3v) is 2.33. The van der Waals surface area contributed by atoms with Crippen molar-refractivity contribution in [3.63, 3.8) is 0 Å². The molecule has 0 spiro atoms. The fourth-order valence-corrected chi connectivity index (χ4v) is 1.56. The summed E-state index contributed by atoms with van der Waals surface area (Å²) in [7, 11) is 0. The van der Waals surface area contributed by atoms with Gasteiger partial charge >= 0.3 is 0 Å². The maximum absolute atomic E-state index is 3.85. The van der Waals surface area contributed by atoms with E-state index in [0.717, 1.165) is 10.4 Å². The Balaban J connectivity index is 2.53. The van der Waals surface area contributed by atoms with E-state index >= 15 is 0 Å². The average molecular weight is 238 g/mol. The third-order valence-electron chi connectivity index (χ3n) is 1.79. The van der Waals surface area contributed by atoms with Crippen LogP contribution in [-0.4, -0.2) is 14.8 Å². The van der Waals surface area contributed by atoms with Crippen LogP contribution >= 0.6 is 15.9 Å². The highest BCUT2D eigenvalue weighted by atomic mass is 79.9. The van der Waals surface area contributed by atoms with Crippen molar-refractivity contribution in [1.29, 1.82) is 0 Å². The molecule has 0 saturated carbocycles. The van der Waals surface area contributed by atoms with Crippen LogP contribution in [0, 0.1) is 6.92 Å². The van der Waals surface area contributed by atoms with Crippen molar-refractivity contribution >= 4 is 15.9 Å². The first-order valence-electron chi connectivity index (χ1n) is 3.90. The van der Waals surface area contributed by atoms with Gasteiger partial charge in [-0.05, 0) is 40.5 Å². The zero-order chi connectivity index (χ0) is 9.26. The molecule has 0 atom stereocenters. The van der Waals surface area contributed by atoms with Crippen molar-refractivity contribution in [1.82, 2.24) is 14.8 Å². The standard InChI is InChI=1S/C9H8BrN3/c1-7-3-2-4-8(5-7)13-6-11-12-9(13)10/h2-6H,1H3. The van der Waals surface area contributed by atoms with Gasteiger partial charge in [0.1, 0.15) is 6.33 Å². The minimum Gasteiger partial charge on any atom is -0.276 e. The van der Waals surface area contributed by atoms with Crippen LogP contribution in [0.15, 0.2) is 35.3 Å². The predicted octanol–water partition coefficient (Wildman–Crippen LogP) is 2.34. The van der Waals surface area contributed by atoms with Gasteiger partial charge in [0.2, 0.25) is 4.73 Å². The molecule has 2 rings (SSSR count). The highest BCUT2D eigenvalue weighted by Gasteiger charge is 2.01. The van der Waals surface area contributed by atoms with Gasteiger partial charge in [0.25, 0.3) is 0 Å². The fraction of sp³-hybridized carbons (Fsp3) is 0.111. The van der Waals surface area contributed by atoms with Crippen LogP contribution in [-0.2, 0) is 0 Å². The largest absolute Gasteiger partial charge is 0.276 e. The van der Waals surface area contributed by atoms with Crippen molar-refractivity contribution in [2.45, 2.75) is 6.92 Å². The van der Waals surface area contributed by atoms with E-state index in [2.05, 4.69) is 45.2 Å². The summed E-state index contributed by atoms with van der Waals surface area (Å²) >= 11 is 3.32. The van der Waals surface area contributed by atoms with Gasteiger partial charge in [-0.25, -0.2) is 0 Å². The van der Waals surface area contributed by atoms with E-state index in [0.29, 0.717) is 0 Å². The number of hydrogen-bond donors (Lipinski definition) is 0. The zero-order valence-corrected chi connectivity index (χ0v) is 8.69. The van der Waals surface area contributed by atoms with Gasteiger partial charge in [-0.3, -0.25) is 4.57 Å². The molecule has 4 heteroatoms. The highest BCUT2D eigenvalue weighted by Crippen LogP contribution is 2.14. The lowest BCUT2D eigenvalue weighted by atomic mass is 10.2. The van der Waals surface area contributed by atoms with Gasteiger partial charge in [-0.2, -0.15) is 0 Å². The van der Waals surface area contributed by atoms with Crippen molar-refractivity contribution in [3.05, 3.63) is 40.9 Å². The quantitative estimate of drug-likeness (QED) is 0.763. The lowest BCUT2D eigenvalue weighted by molar-refractivity contribution is 1.01. The second-order valence-corrected chi connectivity index (χ2v) is 3.52. The van der Waals surface area contributed by atoms with E-state index in [9.17, 15) is 0 Å². The Kier molecular flexibility index (Phi) is 2.14. The summed E-state index contributed by atoms with van der Waals surface area (Å²) in [5.41, 5.74) is 2.29. The average Bonchev–Trinajstić information content (AvgIpc) is 2.51. The first-order valence-corrected chi connectivity index (χ1v) is 4.69. The molecule has 0 aliphatic heterocycles. The molecule has 1 aromatic carbocycles. The number of aromatic nitrogens is 3. The van der Waals surface area contributed by atoms with Gasteiger partial charge in [-0.15, -0.1) is 10.2 Å². The Morgan fingerprint density at radius 3 is 2.85 bits per heavy atom. The zero-order valence-electron chi connectivity index (χ0n) is 7.11. The minimum atomic E-state index is 0.720. The second-order valence-electron chi connectivity index (χ2n) is 2.81. The summed E-state index contributed by atoms with van der Waals surface area (Å²) in [6.45, 7) is 2.06. The number of nitrogens with zero attached hydrogens (tertiary/aromatic N) is 3. The van der Waals surface area contributed by atoms with E-state index in [4.69, 9.17) is 0 Å². The topological polar surface area (TPSA) is 30.7 Å². The first kappa shape index (κ1) is 8.44. The molecule has 0 fully saturated rings. The normalized spacial score (nSPS) is 10.3. The first-order chi connectivity index (χ1) is 6.27. The van der Waals surface area contributed by atoms with Crippen molar-refractivity contribution in [3.8, 4) is 5.69 Å². The minimum absolute atomic E-state index is 0.720. The summed E-state index contributed by atoms with van der Waals surface area (Å²) in [5, 5.41) is 7.65. The van der Waals surface area contributed by atoms with Crippen LogP contribution in [0.2, 0.25) is 0 Å². The predicted molar refractivity (Wildman–Crippen MR) is 53.8 cm³/mol. The number of halogens is 1. The Morgan fingerprint density at radius 1 is 1.38 bits per heavy atom. The Bertz CT molecular complexity index is 422. The molecule has 0 bridgehead atoms. The SMILES string of the molecule is Cc1cccc(-n2cnnc2Br)c1. The number of aryl methyl sites for hydroxylation is 1. The lowest BCUT2D eigenvalue weighted by Crippen LogP contribution is -1.92. The molecular weight excluding hydrogens is 230 g/mol. The van der Waals surface area contributed by atoms with Crippen molar-refractivity contribution < 1.29 is 0 Å². The van der Waals surface area contributed by atoms with Crippen LogP contribution in [0.5, 0.6) is 0 Å². The summed E-state index contributed by atoms with van der Waals surface area (Å²) in [4.78, 5) is 0. The van der Waals surface area contributed by atoms with E-state index < -0.39 is 0 Å². The fourth-order valence-electron chi connectivity index (χ4n) is 1.17. The van der Waals surface area contributed by atoms with Gasteiger partial charge in [0.15, 0.2) is 0 Å². The number of rotatable bonds is 1. The lowest BCUT2D eigenvalue weighted by Gasteiger charge is -2.02. The Morgan fingerprint density at radius 2 is 2.23 bits per heavy atom. The van der Waals surface area contributed by atoms with Crippen LogP contribution in [0.4, 0.5) is 0 Å². The summed E-state index contributed by atoms with van der Waals surface area (Å²) < 4.78 is 2.60.